The van der Waals surface area contributed by atoms with Crippen molar-refractivity contribution < 1.29 is 18.7 Å². The fourth-order valence-corrected chi connectivity index (χ4v) is 2.68. The van der Waals surface area contributed by atoms with Crippen molar-refractivity contribution in [1.29, 1.82) is 0 Å². The Morgan fingerprint density at radius 2 is 1.77 bits per heavy atom. The van der Waals surface area contributed by atoms with E-state index in [0.717, 1.165) is 16.5 Å². The van der Waals surface area contributed by atoms with E-state index in [-0.39, 0.29) is 11.9 Å². The molecule has 0 unspecified atom stereocenters. The molecule has 3 aromatic rings. The summed E-state index contributed by atoms with van der Waals surface area (Å²) < 4.78 is 18.3. The Labute approximate surface area is 150 Å². The van der Waals surface area contributed by atoms with E-state index in [1.54, 1.807) is 25.3 Å². The monoisotopic (exact) mass is 354 g/mol. The van der Waals surface area contributed by atoms with Gasteiger partial charge in [-0.1, -0.05) is 30.3 Å². The number of rotatable bonds is 5. The third-order valence-corrected chi connectivity index (χ3v) is 4.19. The van der Waals surface area contributed by atoms with Crippen molar-refractivity contribution in [3.63, 3.8) is 0 Å². The lowest BCUT2D eigenvalue weighted by Crippen LogP contribution is -2.37. The number of carbonyl (C=O) groups is 2. The highest BCUT2D eigenvalue weighted by Gasteiger charge is 2.22. The third kappa shape index (κ3) is 3.74. The average Bonchev–Trinajstić information content (AvgIpc) is 3.06. The molecule has 2 aromatic carbocycles. The quantitative estimate of drug-likeness (QED) is 0.686. The topological polar surface area (TPSA) is 71.2 Å². The Balaban J connectivity index is 1.63. The molecule has 2 atom stereocenters. The molecular weight excluding hydrogens is 335 g/mol. The number of hydrogen-bond acceptors (Lipinski definition) is 3. The maximum Gasteiger partial charge on any atom is 0.341 e. The normalized spacial score (nSPS) is 13.2. The van der Waals surface area contributed by atoms with Crippen LogP contribution in [0, 0.1) is 5.82 Å². The van der Waals surface area contributed by atoms with Gasteiger partial charge in [0, 0.05) is 17.1 Å². The van der Waals surface area contributed by atoms with Crippen molar-refractivity contribution >= 4 is 22.8 Å². The summed E-state index contributed by atoms with van der Waals surface area (Å²) in [6, 6.07) is 12.9. The number of amides is 1. The van der Waals surface area contributed by atoms with Crippen LogP contribution < -0.4 is 5.32 Å². The first-order valence-electron chi connectivity index (χ1n) is 8.28. The maximum atomic E-state index is 13.0. The first-order chi connectivity index (χ1) is 12.5. The Morgan fingerprint density at radius 1 is 1.08 bits per heavy atom. The van der Waals surface area contributed by atoms with Crippen molar-refractivity contribution in [2.24, 2.45) is 0 Å². The van der Waals surface area contributed by atoms with Crippen molar-refractivity contribution in [1.82, 2.24) is 10.3 Å². The maximum absolute atomic E-state index is 13.0. The van der Waals surface area contributed by atoms with E-state index in [4.69, 9.17) is 4.74 Å². The lowest BCUT2D eigenvalue weighted by molar-refractivity contribution is -0.129. The predicted octanol–water partition coefficient (Wildman–Crippen LogP) is 3.73. The number of esters is 1. The van der Waals surface area contributed by atoms with Crippen LogP contribution in [0.15, 0.2) is 54.7 Å². The molecule has 1 amide bonds. The molecule has 0 aliphatic carbocycles. The summed E-state index contributed by atoms with van der Waals surface area (Å²) in [6.07, 6.45) is 0.609. The Bertz CT molecular complexity index is 934. The van der Waals surface area contributed by atoms with Crippen LogP contribution in [-0.2, 0) is 9.53 Å². The van der Waals surface area contributed by atoms with Gasteiger partial charge in [0.05, 0.1) is 11.6 Å². The predicted molar refractivity (Wildman–Crippen MR) is 96.1 cm³/mol. The largest absolute Gasteiger partial charge is 0.449 e. The number of fused-ring (bicyclic) bond motifs is 1. The van der Waals surface area contributed by atoms with Gasteiger partial charge in [0.1, 0.15) is 5.82 Å². The number of benzene rings is 2. The lowest BCUT2D eigenvalue weighted by Gasteiger charge is -2.18. The van der Waals surface area contributed by atoms with E-state index >= 15 is 0 Å². The Kier molecular flexibility index (Phi) is 5.02. The van der Waals surface area contributed by atoms with E-state index in [9.17, 15) is 14.0 Å². The van der Waals surface area contributed by atoms with Gasteiger partial charge in [-0.2, -0.15) is 0 Å². The van der Waals surface area contributed by atoms with Crippen molar-refractivity contribution in [3.05, 3.63) is 71.7 Å². The third-order valence-electron chi connectivity index (χ3n) is 4.19. The summed E-state index contributed by atoms with van der Waals surface area (Å²) in [4.78, 5) is 27.7. The summed E-state index contributed by atoms with van der Waals surface area (Å²) >= 11 is 0. The highest BCUT2D eigenvalue weighted by atomic mass is 19.1. The Morgan fingerprint density at radius 3 is 2.50 bits per heavy atom. The summed E-state index contributed by atoms with van der Waals surface area (Å²) in [5.74, 6) is -1.33. The first-order valence-corrected chi connectivity index (χ1v) is 8.28. The number of para-hydroxylation sites is 1. The fourth-order valence-electron chi connectivity index (χ4n) is 2.68. The standard InChI is InChI=1S/C20H19FN2O3/c1-12(14-7-9-15(21)10-8-14)23-19(24)13(2)26-20(25)17-11-22-18-6-4-3-5-16(17)18/h3-13,22H,1-2H3,(H,23,24)/t12-,13+/m1/s1. The van der Waals surface area contributed by atoms with Crippen LogP contribution in [0.1, 0.15) is 35.8 Å². The zero-order valence-electron chi connectivity index (χ0n) is 14.5. The van der Waals surface area contributed by atoms with Gasteiger partial charge in [-0.15, -0.1) is 0 Å². The second-order valence-corrected chi connectivity index (χ2v) is 6.08. The van der Waals surface area contributed by atoms with Gasteiger partial charge in [0.2, 0.25) is 0 Å². The molecule has 1 heterocycles. The number of ether oxygens (including phenoxy) is 1. The summed E-state index contributed by atoms with van der Waals surface area (Å²) in [5.41, 5.74) is 1.96. The first kappa shape index (κ1) is 17.7. The van der Waals surface area contributed by atoms with Crippen LogP contribution in [0.4, 0.5) is 4.39 Å². The van der Waals surface area contributed by atoms with E-state index in [2.05, 4.69) is 10.3 Å². The summed E-state index contributed by atoms with van der Waals surface area (Å²) in [6.45, 7) is 3.29. The number of aromatic amines is 1. The zero-order chi connectivity index (χ0) is 18.7. The van der Waals surface area contributed by atoms with E-state index in [0.29, 0.717) is 5.56 Å². The molecule has 0 radical (unpaired) electrons. The molecule has 2 N–H and O–H groups in total. The smallest absolute Gasteiger partial charge is 0.341 e. The van der Waals surface area contributed by atoms with Crippen LogP contribution >= 0.6 is 0 Å². The SMILES string of the molecule is C[C@H](OC(=O)c1c[nH]c2ccccc12)C(=O)N[C@H](C)c1ccc(F)cc1. The van der Waals surface area contributed by atoms with Gasteiger partial charge in [0.25, 0.3) is 5.91 Å². The zero-order valence-corrected chi connectivity index (χ0v) is 14.5. The molecule has 0 spiro atoms. The highest BCUT2D eigenvalue weighted by molar-refractivity contribution is 6.04. The number of aromatic nitrogens is 1. The molecule has 0 aliphatic rings. The molecule has 134 valence electrons. The van der Waals surface area contributed by atoms with Crippen molar-refractivity contribution in [2.45, 2.75) is 26.0 Å². The van der Waals surface area contributed by atoms with Crippen LogP contribution in [0.2, 0.25) is 0 Å². The number of H-pyrrole nitrogens is 1. The van der Waals surface area contributed by atoms with Gasteiger partial charge in [0.15, 0.2) is 6.10 Å². The Hall–Kier alpha value is -3.15. The van der Waals surface area contributed by atoms with E-state index < -0.39 is 18.0 Å². The number of hydrogen-bond donors (Lipinski definition) is 2. The van der Waals surface area contributed by atoms with Gasteiger partial charge < -0.3 is 15.0 Å². The average molecular weight is 354 g/mol. The number of halogens is 1. The van der Waals surface area contributed by atoms with Crippen LogP contribution in [0.3, 0.4) is 0 Å². The molecule has 0 aliphatic heterocycles. The summed E-state index contributed by atoms with van der Waals surface area (Å²) in [7, 11) is 0. The van der Waals surface area contributed by atoms with Crippen molar-refractivity contribution in [3.8, 4) is 0 Å². The molecule has 0 saturated heterocycles. The number of carbonyl (C=O) groups excluding carboxylic acids is 2. The molecule has 0 bridgehead atoms. The van der Waals surface area contributed by atoms with E-state index in [1.165, 1.54) is 19.1 Å². The van der Waals surface area contributed by atoms with Crippen LogP contribution in [0.25, 0.3) is 10.9 Å². The second-order valence-electron chi connectivity index (χ2n) is 6.08. The molecular formula is C20H19FN2O3. The second kappa shape index (κ2) is 7.39. The lowest BCUT2D eigenvalue weighted by atomic mass is 10.1. The minimum atomic E-state index is -0.959. The van der Waals surface area contributed by atoms with E-state index in [1.807, 2.05) is 24.3 Å². The molecule has 0 saturated carbocycles. The molecule has 5 nitrogen and oxygen atoms in total. The molecule has 3 rings (SSSR count). The molecule has 1 aromatic heterocycles. The van der Waals surface area contributed by atoms with Gasteiger partial charge in [-0.05, 0) is 37.6 Å². The fraction of sp³-hybridized carbons (Fsp3) is 0.200. The molecule has 0 fully saturated rings. The highest BCUT2D eigenvalue weighted by Crippen LogP contribution is 2.19. The van der Waals surface area contributed by atoms with Gasteiger partial charge in [-0.3, -0.25) is 4.79 Å². The minimum absolute atomic E-state index is 0.336. The molecule has 6 heteroatoms. The van der Waals surface area contributed by atoms with Crippen LogP contribution in [0.5, 0.6) is 0 Å². The van der Waals surface area contributed by atoms with Gasteiger partial charge >= 0.3 is 5.97 Å². The minimum Gasteiger partial charge on any atom is -0.449 e. The number of nitrogens with one attached hydrogen (secondary N) is 2. The summed E-state index contributed by atoms with van der Waals surface area (Å²) in [5, 5.41) is 3.50. The molecule has 26 heavy (non-hydrogen) atoms. The van der Waals surface area contributed by atoms with Crippen molar-refractivity contribution in [2.75, 3.05) is 0 Å². The van der Waals surface area contributed by atoms with Crippen LogP contribution in [-0.4, -0.2) is 23.0 Å². The van der Waals surface area contributed by atoms with Gasteiger partial charge in [-0.25, -0.2) is 9.18 Å².